The number of hydrogen-bond donors (Lipinski definition) is 2. The Bertz CT molecular complexity index is 316. The molecule has 0 atom stereocenters. The molecule has 0 spiro atoms. The zero-order chi connectivity index (χ0) is 11.5. The second-order valence-corrected chi connectivity index (χ2v) is 4.64. The van der Waals surface area contributed by atoms with Gasteiger partial charge in [0.1, 0.15) is 10.4 Å². The molecule has 0 aliphatic heterocycles. The maximum absolute atomic E-state index is 5.64. The average molecular weight is 273 g/mol. The van der Waals surface area contributed by atoms with Crippen LogP contribution in [0.3, 0.4) is 0 Å². The highest BCUT2D eigenvalue weighted by Gasteiger charge is 2.20. The molecular formula is C10H17BrN4. The largest absolute Gasteiger partial charge is 0.383 e. The molecule has 5 heteroatoms. The molecule has 0 saturated carbocycles. The monoisotopic (exact) mass is 272 g/mol. The van der Waals surface area contributed by atoms with E-state index in [0.717, 1.165) is 12.8 Å². The molecule has 0 fully saturated rings. The normalized spacial score (nSPS) is 11.5. The molecule has 15 heavy (non-hydrogen) atoms. The topological polar surface area (TPSA) is 63.8 Å². The van der Waals surface area contributed by atoms with Gasteiger partial charge in [0, 0.05) is 11.6 Å². The zero-order valence-electron chi connectivity index (χ0n) is 9.34. The van der Waals surface area contributed by atoms with Gasteiger partial charge in [0.25, 0.3) is 0 Å². The van der Waals surface area contributed by atoms with Crippen molar-refractivity contribution in [3.8, 4) is 0 Å². The summed E-state index contributed by atoms with van der Waals surface area (Å²) in [5, 5.41) is 3.30. The fourth-order valence-electron chi connectivity index (χ4n) is 1.19. The summed E-state index contributed by atoms with van der Waals surface area (Å²) in [4.78, 5) is 8.37. The van der Waals surface area contributed by atoms with Crippen molar-refractivity contribution >= 4 is 27.7 Å². The van der Waals surface area contributed by atoms with Gasteiger partial charge in [-0.15, -0.1) is 0 Å². The minimum atomic E-state index is 0.0211. The van der Waals surface area contributed by atoms with Crippen LogP contribution in [0.5, 0.6) is 0 Å². The van der Waals surface area contributed by atoms with E-state index in [2.05, 4.69) is 52.0 Å². The average Bonchev–Trinajstić information content (AvgIpc) is 2.16. The van der Waals surface area contributed by atoms with E-state index in [9.17, 15) is 0 Å². The third-order valence-electron chi connectivity index (χ3n) is 2.69. The quantitative estimate of drug-likeness (QED) is 0.828. The second kappa shape index (κ2) is 4.79. The highest BCUT2D eigenvalue weighted by atomic mass is 79.9. The summed E-state index contributed by atoms with van der Waals surface area (Å²) < 4.78 is 0.701. The van der Waals surface area contributed by atoms with Crippen molar-refractivity contribution < 1.29 is 0 Å². The van der Waals surface area contributed by atoms with E-state index in [1.807, 2.05) is 0 Å². The molecule has 0 saturated heterocycles. The van der Waals surface area contributed by atoms with E-state index in [1.165, 1.54) is 0 Å². The first-order valence-corrected chi connectivity index (χ1v) is 5.86. The van der Waals surface area contributed by atoms with E-state index in [-0.39, 0.29) is 5.54 Å². The summed E-state index contributed by atoms with van der Waals surface area (Å²) >= 11 is 3.29. The lowest BCUT2D eigenvalue weighted by Gasteiger charge is -2.28. The van der Waals surface area contributed by atoms with Crippen LogP contribution in [0.1, 0.15) is 33.6 Å². The van der Waals surface area contributed by atoms with Crippen LogP contribution in [0.25, 0.3) is 0 Å². The van der Waals surface area contributed by atoms with Crippen LogP contribution in [0.2, 0.25) is 0 Å². The van der Waals surface area contributed by atoms with Crippen LogP contribution in [0, 0.1) is 0 Å². The second-order valence-electron chi connectivity index (χ2n) is 3.83. The smallest absolute Gasteiger partial charge is 0.226 e. The number of nitrogens with zero attached hydrogens (tertiary/aromatic N) is 2. The Kier molecular flexibility index (Phi) is 3.90. The number of anilines is 2. The summed E-state index contributed by atoms with van der Waals surface area (Å²) in [5.41, 5.74) is 5.66. The molecule has 0 amide bonds. The Balaban J connectivity index is 2.88. The summed E-state index contributed by atoms with van der Waals surface area (Å²) in [5.74, 6) is 1.04. The highest BCUT2D eigenvalue weighted by molar-refractivity contribution is 9.10. The van der Waals surface area contributed by atoms with Gasteiger partial charge in [0.05, 0.1) is 0 Å². The molecule has 1 heterocycles. The molecule has 1 rings (SSSR count). The molecule has 0 radical (unpaired) electrons. The number of nitrogens with two attached hydrogens (primary N) is 1. The van der Waals surface area contributed by atoms with Gasteiger partial charge in [-0.3, -0.25) is 0 Å². The van der Waals surface area contributed by atoms with Crippen molar-refractivity contribution in [1.82, 2.24) is 9.97 Å². The highest BCUT2D eigenvalue weighted by Crippen LogP contribution is 2.21. The number of hydrogen-bond acceptors (Lipinski definition) is 4. The number of halogens is 1. The van der Waals surface area contributed by atoms with Gasteiger partial charge in [-0.1, -0.05) is 13.8 Å². The van der Waals surface area contributed by atoms with Gasteiger partial charge >= 0.3 is 0 Å². The van der Waals surface area contributed by atoms with Gasteiger partial charge in [-0.2, -0.15) is 4.98 Å². The first-order valence-electron chi connectivity index (χ1n) is 5.07. The SMILES string of the molecule is CCC(C)(CC)Nc1nc(N)cc(Br)n1. The van der Waals surface area contributed by atoms with Crippen molar-refractivity contribution in [3.05, 3.63) is 10.7 Å². The van der Waals surface area contributed by atoms with Crippen molar-refractivity contribution in [2.45, 2.75) is 39.2 Å². The molecule has 0 aliphatic carbocycles. The fraction of sp³-hybridized carbons (Fsp3) is 0.600. The first-order chi connectivity index (χ1) is 6.99. The van der Waals surface area contributed by atoms with Crippen LogP contribution in [0.15, 0.2) is 10.7 Å². The minimum Gasteiger partial charge on any atom is -0.383 e. The van der Waals surface area contributed by atoms with Crippen molar-refractivity contribution in [1.29, 1.82) is 0 Å². The Morgan fingerprint density at radius 3 is 2.47 bits per heavy atom. The Labute approximate surface area is 98.8 Å². The molecule has 4 nitrogen and oxygen atoms in total. The van der Waals surface area contributed by atoms with Gasteiger partial charge < -0.3 is 11.1 Å². The molecule has 0 bridgehead atoms. The molecule has 0 unspecified atom stereocenters. The Hall–Kier alpha value is -0.840. The fourth-order valence-corrected chi connectivity index (χ4v) is 1.59. The molecule has 3 N–H and O–H groups in total. The van der Waals surface area contributed by atoms with Crippen molar-refractivity contribution in [2.75, 3.05) is 11.1 Å². The first kappa shape index (κ1) is 12.2. The maximum atomic E-state index is 5.64. The Morgan fingerprint density at radius 2 is 2.00 bits per heavy atom. The van der Waals surface area contributed by atoms with Gasteiger partial charge in [-0.25, -0.2) is 4.98 Å². The molecule has 0 aliphatic rings. The summed E-state index contributed by atoms with van der Waals surface area (Å²) in [6.45, 7) is 6.42. The number of aromatic nitrogens is 2. The molecule has 0 aromatic carbocycles. The predicted octanol–water partition coefficient (Wildman–Crippen LogP) is 2.81. The summed E-state index contributed by atoms with van der Waals surface area (Å²) in [6, 6.07) is 1.68. The predicted molar refractivity (Wildman–Crippen MR) is 66.8 cm³/mol. The zero-order valence-corrected chi connectivity index (χ0v) is 10.9. The van der Waals surface area contributed by atoms with Gasteiger partial charge in [-0.05, 0) is 35.7 Å². The standard InChI is InChI=1S/C10H17BrN4/c1-4-10(3,5-2)15-9-13-7(11)6-8(12)14-9/h6H,4-5H2,1-3H3,(H3,12,13,14,15). The van der Waals surface area contributed by atoms with Gasteiger partial charge in [0.2, 0.25) is 5.95 Å². The minimum absolute atomic E-state index is 0.0211. The third kappa shape index (κ3) is 3.34. The molecular weight excluding hydrogens is 256 g/mol. The van der Waals surface area contributed by atoms with Crippen LogP contribution < -0.4 is 11.1 Å². The summed E-state index contributed by atoms with van der Waals surface area (Å²) in [7, 11) is 0. The van der Waals surface area contributed by atoms with E-state index in [4.69, 9.17) is 5.73 Å². The molecule has 1 aromatic rings. The maximum Gasteiger partial charge on any atom is 0.226 e. The van der Waals surface area contributed by atoms with E-state index >= 15 is 0 Å². The lowest BCUT2D eigenvalue weighted by Crippen LogP contribution is -2.33. The number of rotatable bonds is 4. The van der Waals surface area contributed by atoms with Crippen LogP contribution in [0.4, 0.5) is 11.8 Å². The van der Waals surface area contributed by atoms with E-state index in [0.29, 0.717) is 16.4 Å². The Morgan fingerprint density at radius 1 is 1.40 bits per heavy atom. The van der Waals surface area contributed by atoms with E-state index in [1.54, 1.807) is 6.07 Å². The molecule has 1 aromatic heterocycles. The van der Waals surface area contributed by atoms with Crippen molar-refractivity contribution in [3.63, 3.8) is 0 Å². The molecule has 84 valence electrons. The van der Waals surface area contributed by atoms with Crippen LogP contribution in [-0.2, 0) is 0 Å². The lowest BCUT2D eigenvalue weighted by molar-refractivity contribution is 0.474. The van der Waals surface area contributed by atoms with Crippen molar-refractivity contribution in [2.24, 2.45) is 0 Å². The van der Waals surface area contributed by atoms with Crippen LogP contribution >= 0.6 is 15.9 Å². The third-order valence-corrected chi connectivity index (χ3v) is 3.10. The van der Waals surface area contributed by atoms with Crippen LogP contribution in [-0.4, -0.2) is 15.5 Å². The van der Waals surface area contributed by atoms with E-state index < -0.39 is 0 Å². The summed E-state index contributed by atoms with van der Waals surface area (Å²) in [6.07, 6.45) is 2.03. The van der Waals surface area contributed by atoms with Gasteiger partial charge in [0.15, 0.2) is 0 Å². The lowest BCUT2D eigenvalue weighted by atomic mass is 9.96. The number of nitrogen functional groups attached to an aromatic ring is 1. The number of nitrogens with one attached hydrogen (secondary N) is 1.